The largest absolute Gasteiger partial charge is 0.463 e. The molecule has 1 unspecified atom stereocenters. The van der Waals surface area contributed by atoms with Gasteiger partial charge in [-0.2, -0.15) is 4.99 Å². The van der Waals surface area contributed by atoms with Crippen LogP contribution in [0.3, 0.4) is 0 Å². The summed E-state index contributed by atoms with van der Waals surface area (Å²) in [6.45, 7) is 6.30. The van der Waals surface area contributed by atoms with Crippen LogP contribution in [0.2, 0.25) is 0 Å². The Balaban J connectivity index is 2.73. The number of aliphatic imine (C=N–C) groups is 1. The number of thiocarbonyl (C=S) groups is 1. The maximum Gasteiger partial charge on any atom is 0.303 e. The highest BCUT2D eigenvalue weighted by molar-refractivity contribution is 7.78. The van der Waals surface area contributed by atoms with Gasteiger partial charge in [-0.15, -0.1) is 0 Å². The SMILES string of the molecule is CC(=O)OC[C@H]1O[C@@H](O[C@H]2[C@H](OC(C)=O)[C@@H](OC(C)=O)C(N=C=S)O[C@@H]2COC(C)=O)[C@H](OC(C)=O)[C@@H](OC(C)=O)[C@H]1OC(C)=O. The smallest absolute Gasteiger partial charge is 0.303 e. The fourth-order valence-electron chi connectivity index (χ4n) is 4.65. The van der Waals surface area contributed by atoms with Crippen molar-refractivity contribution in [1.29, 1.82) is 0 Å². The third-order valence-electron chi connectivity index (χ3n) is 6.08. The van der Waals surface area contributed by atoms with Crippen molar-refractivity contribution in [3.8, 4) is 0 Å². The van der Waals surface area contributed by atoms with Gasteiger partial charge >= 0.3 is 41.8 Å². The van der Waals surface area contributed by atoms with Gasteiger partial charge in [0.25, 0.3) is 0 Å². The van der Waals surface area contributed by atoms with Crippen molar-refractivity contribution in [3.63, 3.8) is 0 Å². The van der Waals surface area contributed by atoms with Crippen LogP contribution < -0.4 is 0 Å². The lowest BCUT2D eigenvalue weighted by Gasteiger charge is -2.48. The summed E-state index contributed by atoms with van der Waals surface area (Å²) >= 11 is 4.69. The van der Waals surface area contributed by atoms with Crippen molar-refractivity contribution in [2.24, 2.45) is 4.99 Å². The molecule has 18 nitrogen and oxygen atoms in total. The number of carbonyl (C=O) groups is 7. The Labute approximate surface area is 268 Å². The summed E-state index contributed by atoms with van der Waals surface area (Å²) < 4.78 is 55.3. The molecular weight excluding hydrogens is 642 g/mol. The molecule has 0 N–H and O–H groups in total. The zero-order valence-corrected chi connectivity index (χ0v) is 26.8. The van der Waals surface area contributed by atoms with Gasteiger partial charge in [0, 0.05) is 48.5 Å². The lowest BCUT2D eigenvalue weighted by atomic mass is 9.95. The average Bonchev–Trinajstić information content (AvgIpc) is 2.91. The molecule has 0 aromatic rings. The minimum Gasteiger partial charge on any atom is -0.463 e. The van der Waals surface area contributed by atoms with Gasteiger partial charge in [0.2, 0.25) is 0 Å². The van der Waals surface area contributed by atoms with Crippen molar-refractivity contribution in [2.75, 3.05) is 13.2 Å². The molecule has 0 bridgehead atoms. The molecular formula is C27H35NO17S. The van der Waals surface area contributed by atoms with E-state index in [4.69, 9.17) is 47.4 Å². The third kappa shape index (κ3) is 11.4. The number of ether oxygens (including phenoxy) is 10. The van der Waals surface area contributed by atoms with E-state index in [2.05, 4.69) is 22.4 Å². The zero-order valence-electron chi connectivity index (χ0n) is 26.0. The summed E-state index contributed by atoms with van der Waals surface area (Å²) in [4.78, 5) is 88.1. The number of esters is 7. The predicted molar refractivity (Wildman–Crippen MR) is 148 cm³/mol. The monoisotopic (exact) mass is 677 g/mol. The first kappa shape index (κ1) is 38.2. The second kappa shape index (κ2) is 17.6. The molecule has 2 heterocycles. The Bertz CT molecular complexity index is 1220. The highest BCUT2D eigenvalue weighted by Gasteiger charge is 2.57. The van der Waals surface area contributed by atoms with E-state index in [9.17, 15) is 33.6 Å². The Morgan fingerprint density at radius 1 is 0.543 bits per heavy atom. The Morgan fingerprint density at radius 2 is 0.935 bits per heavy atom. The van der Waals surface area contributed by atoms with E-state index in [1.54, 1.807) is 0 Å². The first-order chi connectivity index (χ1) is 21.5. The lowest BCUT2D eigenvalue weighted by molar-refractivity contribution is -0.344. The summed E-state index contributed by atoms with van der Waals surface area (Å²) in [6.07, 6.45) is -15.4. The Morgan fingerprint density at radius 3 is 1.37 bits per heavy atom. The molecule has 0 aromatic carbocycles. The van der Waals surface area contributed by atoms with Crippen LogP contribution in [-0.2, 0) is 80.9 Å². The zero-order chi connectivity index (χ0) is 34.7. The number of isothiocyanates is 1. The molecule has 0 amide bonds. The normalized spacial score (nSPS) is 30.3. The molecule has 2 aliphatic rings. The van der Waals surface area contributed by atoms with E-state index >= 15 is 0 Å². The number of rotatable bonds is 12. The first-order valence-corrected chi connectivity index (χ1v) is 14.1. The molecule has 2 fully saturated rings. The summed E-state index contributed by atoms with van der Waals surface area (Å²) in [5.41, 5.74) is 0. The van der Waals surface area contributed by atoms with Crippen LogP contribution in [-0.4, -0.2) is 122 Å². The highest BCUT2D eigenvalue weighted by Crippen LogP contribution is 2.35. The van der Waals surface area contributed by atoms with Crippen molar-refractivity contribution < 1.29 is 80.9 Å². The first-order valence-electron chi connectivity index (χ1n) is 13.7. The molecule has 0 aliphatic carbocycles. The fraction of sp³-hybridized carbons (Fsp3) is 0.704. The van der Waals surface area contributed by atoms with Gasteiger partial charge in [0.05, 0.1) is 5.16 Å². The molecule has 19 heteroatoms. The second-order valence-corrected chi connectivity index (χ2v) is 10.1. The number of hydrogen-bond acceptors (Lipinski definition) is 19. The van der Waals surface area contributed by atoms with E-state index in [0.717, 1.165) is 48.5 Å². The fourth-order valence-corrected chi connectivity index (χ4v) is 4.75. The molecule has 0 saturated carbocycles. The molecule has 2 saturated heterocycles. The summed E-state index contributed by atoms with van der Waals surface area (Å²) in [5, 5.41) is 2.09. The van der Waals surface area contributed by atoms with Crippen LogP contribution in [0.5, 0.6) is 0 Å². The van der Waals surface area contributed by atoms with Crippen LogP contribution in [0, 0.1) is 0 Å². The molecule has 2 aliphatic heterocycles. The van der Waals surface area contributed by atoms with Gasteiger partial charge < -0.3 is 47.4 Å². The van der Waals surface area contributed by atoms with Crippen LogP contribution in [0.25, 0.3) is 0 Å². The molecule has 0 aromatic heterocycles. The molecule has 0 radical (unpaired) electrons. The third-order valence-corrected chi connectivity index (χ3v) is 6.19. The minimum atomic E-state index is -1.78. The van der Waals surface area contributed by atoms with E-state index in [1.807, 2.05) is 0 Å². The van der Waals surface area contributed by atoms with E-state index in [1.165, 1.54) is 0 Å². The maximum absolute atomic E-state index is 12.3. The summed E-state index contributed by atoms with van der Waals surface area (Å²) in [7, 11) is 0. The van der Waals surface area contributed by atoms with Gasteiger partial charge in [-0.1, -0.05) is 0 Å². The van der Waals surface area contributed by atoms with Gasteiger partial charge in [-0.05, 0) is 12.2 Å². The molecule has 256 valence electrons. The van der Waals surface area contributed by atoms with Gasteiger partial charge in [0.1, 0.15) is 31.5 Å². The van der Waals surface area contributed by atoms with Crippen LogP contribution >= 0.6 is 12.2 Å². The summed E-state index contributed by atoms with van der Waals surface area (Å²) in [5.74, 6) is -5.88. The van der Waals surface area contributed by atoms with Crippen LogP contribution in [0.4, 0.5) is 0 Å². The molecule has 2 rings (SSSR count). The van der Waals surface area contributed by atoms with Crippen LogP contribution in [0.15, 0.2) is 4.99 Å². The van der Waals surface area contributed by atoms with Gasteiger partial charge in [0.15, 0.2) is 43.0 Å². The lowest BCUT2D eigenvalue weighted by Crippen LogP contribution is -2.67. The Hall–Kier alpha value is -4.03. The van der Waals surface area contributed by atoms with Crippen molar-refractivity contribution in [1.82, 2.24) is 0 Å². The number of hydrogen-bond donors (Lipinski definition) is 0. The molecule has 0 spiro atoms. The summed E-state index contributed by atoms with van der Waals surface area (Å²) in [6, 6.07) is 0. The molecule has 10 atom stereocenters. The topological polar surface area (TPSA) is 224 Å². The predicted octanol–water partition coefficient (Wildman–Crippen LogP) is -0.291. The van der Waals surface area contributed by atoms with E-state index in [-0.39, 0.29) is 0 Å². The standard InChI is InChI=1S/C27H35NO17S/c1-11(29)36-8-18-21(22(39-14(4)32)24(41-16(6)34)26(43-18)28-10-46)45-27-25(42-17(7)35)23(40-15(5)33)20(38-13(3)31)19(44-27)9-37-12(2)30/h18-27H,8-9H2,1-7H3/t18-,19-,20+,21-,22+,23+,24-,25-,26?,27+/m1/s1. The van der Waals surface area contributed by atoms with Crippen LogP contribution in [0.1, 0.15) is 48.5 Å². The number of carbonyl (C=O) groups excluding carboxylic acids is 7. The van der Waals surface area contributed by atoms with E-state index < -0.39 is 116 Å². The molecule has 46 heavy (non-hydrogen) atoms. The van der Waals surface area contributed by atoms with Gasteiger partial charge in [-0.3, -0.25) is 33.6 Å². The number of nitrogens with zero attached hydrogens (tertiary/aromatic N) is 1. The second-order valence-electron chi connectivity index (χ2n) is 9.90. The van der Waals surface area contributed by atoms with Crippen molar-refractivity contribution >= 4 is 59.2 Å². The minimum absolute atomic E-state index is 0.542. The highest BCUT2D eigenvalue weighted by atomic mass is 32.1. The van der Waals surface area contributed by atoms with Crippen molar-refractivity contribution in [3.05, 3.63) is 0 Å². The maximum atomic E-state index is 12.3. The van der Waals surface area contributed by atoms with Crippen molar-refractivity contribution in [2.45, 2.75) is 110 Å². The van der Waals surface area contributed by atoms with E-state index in [0.29, 0.717) is 0 Å². The quantitative estimate of drug-likeness (QED) is 0.112. The van der Waals surface area contributed by atoms with Gasteiger partial charge in [-0.25, -0.2) is 0 Å². The average molecular weight is 678 g/mol. The Kier molecular flexibility index (Phi) is 14.6.